The fourth-order valence-electron chi connectivity index (χ4n) is 2.60. The molecule has 4 N–H and O–H groups in total. The lowest BCUT2D eigenvalue weighted by Gasteiger charge is -2.12. The van der Waals surface area contributed by atoms with Crippen molar-refractivity contribution in [2.75, 3.05) is 6.54 Å². The monoisotopic (exact) mass is 261 g/mol. The Labute approximate surface area is 114 Å². The van der Waals surface area contributed by atoms with Crippen molar-refractivity contribution in [3.8, 4) is 0 Å². The minimum atomic E-state index is -0.386. The molecular weight excluding hydrogens is 238 g/mol. The molecular formula is C15H23N3O. The zero-order chi connectivity index (χ0) is 13.8. The van der Waals surface area contributed by atoms with Crippen LogP contribution >= 0.6 is 0 Å². The van der Waals surface area contributed by atoms with Gasteiger partial charge in [-0.05, 0) is 31.9 Å². The van der Waals surface area contributed by atoms with E-state index in [-0.39, 0.29) is 24.0 Å². The van der Waals surface area contributed by atoms with Crippen LogP contribution in [-0.4, -0.2) is 29.4 Å². The van der Waals surface area contributed by atoms with E-state index in [4.69, 9.17) is 11.5 Å². The largest absolute Gasteiger partial charge is 0.330 e. The standard InChI is InChI=1S/C15H23N3O/c1-11-14(12-7-3-2-4-8-12)18(11)15(19)13(17)9-5-6-10-16/h2-4,7-8,11,13-14H,5-6,9-10,16-17H2,1H3/t11-,13+,14+,18?/m0/s1. The zero-order valence-corrected chi connectivity index (χ0v) is 11.5. The third kappa shape index (κ3) is 3.14. The molecule has 1 heterocycles. The Morgan fingerprint density at radius 3 is 2.63 bits per heavy atom. The van der Waals surface area contributed by atoms with E-state index in [0.717, 1.165) is 19.3 Å². The molecule has 1 saturated heterocycles. The highest BCUT2D eigenvalue weighted by Crippen LogP contribution is 2.43. The van der Waals surface area contributed by atoms with Gasteiger partial charge in [0.15, 0.2) is 0 Å². The Morgan fingerprint density at radius 2 is 2.00 bits per heavy atom. The van der Waals surface area contributed by atoms with Gasteiger partial charge in [-0.1, -0.05) is 36.8 Å². The minimum Gasteiger partial charge on any atom is -0.330 e. The number of rotatable bonds is 6. The highest BCUT2D eigenvalue weighted by Gasteiger charge is 2.49. The van der Waals surface area contributed by atoms with Gasteiger partial charge >= 0.3 is 0 Å². The van der Waals surface area contributed by atoms with Gasteiger partial charge in [-0.3, -0.25) is 4.79 Å². The second-order valence-corrected chi connectivity index (χ2v) is 5.23. The lowest BCUT2D eigenvalue weighted by atomic mass is 10.1. The van der Waals surface area contributed by atoms with Crippen LogP contribution in [0.5, 0.6) is 0 Å². The summed E-state index contributed by atoms with van der Waals surface area (Å²) >= 11 is 0. The van der Waals surface area contributed by atoms with Crippen LogP contribution in [0.15, 0.2) is 30.3 Å². The molecule has 1 aliphatic heterocycles. The predicted molar refractivity (Wildman–Crippen MR) is 76.4 cm³/mol. The van der Waals surface area contributed by atoms with Gasteiger partial charge in [0.1, 0.15) is 0 Å². The van der Waals surface area contributed by atoms with Crippen molar-refractivity contribution in [2.24, 2.45) is 11.5 Å². The van der Waals surface area contributed by atoms with Crippen LogP contribution in [-0.2, 0) is 4.79 Å². The Kier molecular flexibility index (Phi) is 4.56. The fourth-order valence-corrected chi connectivity index (χ4v) is 2.60. The van der Waals surface area contributed by atoms with Crippen molar-refractivity contribution >= 4 is 5.91 Å². The summed E-state index contributed by atoms with van der Waals surface area (Å²) in [4.78, 5) is 14.2. The van der Waals surface area contributed by atoms with Gasteiger partial charge < -0.3 is 16.4 Å². The average Bonchev–Trinajstić information content (AvgIpc) is 3.10. The number of hydrogen-bond acceptors (Lipinski definition) is 3. The normalized spacial score (nSPS) is 23.2. The van der Waals surface area contributed by atoms with Crippen LogP contribution in [0.2, 0.25) is 0 Å². The van der Waals surface area contributed by atoms with Crippen LogP contribution in [0, 0.1) is 0 Å². The quantitative estimate of drug-likeness (QED) is 0.601. The van der Waals surface area contributed by atoms with Crippen molar-refractivity contribution in [1.29, 1.82) is 0 Å². The van der Waals surface area contributed by atoms with Crippen molar-refractivity contribution in [2.45, 2.75) is 44.3 Å². The molecule has 0 bridgehead atoms. The second kappa shape index (κ2) is 6.17. The smallest absolute Gasteiger partial charge is 0.240 e. The number of benzene rings is 1. The maximum atomic E-state index is 12.3. The molecule has 2 rings (SSSR count). The summed E-state index contributed by atoms with van der Waals surface area (Å²) in [6.45, 7) is 2.73. The molecule has 1 aromatic rings. The van der Waals surface area contributed by atoms with Gasteiger partial charge in [-0.2, -0.15) is 0 Å². The first kappa shape index (κ1) is 14.0. The first-order valence-corrected chi connectivity index (χ1v) is 6.99. The maximum absolute atomic E-state index is 12.3. The third-order valence-corrected chi connectivity index (χ3v) is 3.79. The molecule has 1 aromatic carbocycles. The average molecular weight is 261 g/mol. The maximum Gasteiger partial charge on any atom is 0.240 e. The highest BCUT2D eigenvalue weighted by molar-refractivity contribution is 5.85. The second-order valence-electron chi connectivity index (χ2n) is 5.23. The fraction of sp³-hybridized carbons (Fsp3) is 0.533. The lowest BCUT2D eigenvalue weighted by Crippen LogP contribution is -2.36. The molecule has 19 heavy (non-hydrogen) atoms. The van der Waals surface area contributed by atoms with Crippen LogP contribution in [0.4, 0.5) is 0 Å². The van der Waals surface area contributed by atoms with Crippen molar-refractivity contribution in [1.82, 2.24) is 4.90 Å². The Hall–Kier alpha value is -1.39. The van der Waals surface area contributed by atoms with Gasteiger partial charge in [0.05, 0.1) is 18.1 Å². The molecule has 4 heteroatoms. The summed E-state index contributed by atoms with van der Waals surface area (Å²) in [7, 11) is 0. The number of amides is 1. The topological polar surface area (TPSA) is 72.1 Å². The van der Waals surface area contributed by atoms with Crippen molar-refractivity contribution < 1.29 is 4.79 Å². The number of unbranched alkanes of at least 4 members (excludes halogenated alkanes) is 1. The number of hydrogen-bond donors (Lipinski definition) is 2. The number of carbonyl (C=O) groups is 1. The summed E-state index contributed by atoms with van der Waals surface area (Å²) in [5.74, 6) is 0.0679. The highest BCUT2D eigenvalue weighted by atomic mass is 16.2. The van der Waals surface area contributed by atoms with E-state index in [2.05, 4.69) is 19.1 Å². The van der Waals surface area contributed by atoms with E-state index >= 15 is 0 Å². The van der Waals surface area contributed by atoms with Crippen molar-refractivity contribution in [3.05, 3.63) is 35.9 Å². The van der Waals surface area contributed by atoms with Crippen LogP contribution in [0.25, 0.3) is 0 Å². The summed E-state index contributed by atoms with van der Waals surface area (Å²) in [6.07, 6.45) is 2.57. The molecule has 0 saturated carbocycles. The van der Waals surface area contributed by atoms with Gasteiger partial charge in [0.2, 0.25) is 5.91 Å². The van der Waals surface area contributed by atoms with E-state index in [0.29, 0.717) is 6.54 Å². The Bertz CT molecular complexity index is 421. The van der Waals surface area contributed by atoms with E-state index < -0.39 is 0 Å². The van der Waals surface area contributed by atoms with Crippen LogP contribution in [0.1, 0.15) is 37.8 Å². The van der Waals surface area contributed by atoms with Crippen LogP contribution < -0.4 is 11.5 Å². The van der Waals surface area contributed by atoms with E-state index in [1.807, 2.05) is 23.1 Å². The Balaban J connectivity index is 1.91. The SMILES string of the molecule is C[C@H]1[C@H](c2ccccc2)N1C(=O)[C@H](N)CCCCN. The number of carbonyl (C=O) groups excluding carboxylic acids is 1. The molecule has 1 aliphatic rings. The molecule has 1 amide bonds. The van der Waals surface area contributed by atoms with E-state index in [9.17, 15) is 4.79 Å². The van der Waals surface area contributed by atoms with Crippen LogP contribution in [0.3, 0.4) is 0 Å². The third-order valence-electron chi connectivity index (χ3n) is 3.79. The molecule has 1 fully saturated rings. The van der Waals surface area contributed by atoms with Gasteiger partial charge in [0, 0.05) is 0 Å². The first-order chi connectivity index (χ1) is 9.16. The molecule has 0 spiro atoms. The summed E-state index contributed by atoms with van der Waals surface area (Å²) in [6, 6.07) is 10.2. The predicted octanol–water partition coefficient (Wildman–Crippen LogP) is 1.41. The first-order valence-electron chi connectivity index (χ1n) is 6.99. The summed E-state index contributed by atoms with van der Waals surface area (Å²) in [5, 5.41) is 0. The Morgan fingerprint density at radius 1 is 1.32 bits per heavy atom. The lowest BCUT2D eigenvalue weighted by molar-refractivity contribution is -0.128. The molecule has 104 valence electrons. The molecule has 3 atom stereocenters. The number of nitrogens with zero attached hydrogens (tertiary/aromatic N) is 1. The van der Waals surface area contributed by atoms with Gasteiger partial charge in [-0.25, -0.2) is 0 Å². The minimum absolute atomic E-state index is 0.0679. The molecule has 0 radical (unpaired) electrons. The van der Waals surface area contributed by atoms with E-state index in [1.165, 1.54) is 5.56 Å². The zero-order valence-electron chi connectivity index (χ0n) is 11.5. The van der Waals surface area contributed by atoms with Gasteiger partial charge in [0.25, 0.3) is 0 Å². The summed E-state index contributed by atoms with van der Waals surface area (Å²) < 4.78 is 0. The van der Waals surface area contributed by atoms with Gasteiger partial charge in [-0.15, -0.1) is 0 Å². The van der Waals surface area contributed by atoms with E-state index in [1.54, 1.807) is 0 Å². The molecule has 4 nitrogen and oxygen atoms in total. The molecule has 0 unspecified atom stereocenters. The molecule has 0 aromatic heterocycles. The van der Waals surface area contributed by atoms with Crippen molar-refractivity contribution in [3.63, 3.8) is 0 Å². The summed E-state index contributed by atoms with van der Waals surface area (Å²) in [5.41, 5.74) is 12.6. The molecule has 0 aliphatic carbocycles. The number of nitrogens with two attached hydrogens (primary N) is 2.